The van der Waals surface area contributed by atoms with Crippen molar-refractivity contribution >= 4 is 23.3 Å². The van der Waals surface area contributed by atoms with Crippen molar-refractivity contribution in [2.45, 2.75) is 88.3 Å². The average Bonchev–Trinajstić information content (AvgIpc) is 3.58. The third-order valence-electron chi connectivity index (χ3n) is 11.0. The summed E-state index contributed by atoms with van der Waals surface area (Å²) in [6.07, 6.45) is 13.0. The van der Waals surface area contributed by atoms with E-state index in [1.807, 2.05) is 0 Å². The van der Waals surface area contributed by atoms with Gasteiger partial charge >= 0.3 is 242 Å². The van der Waals surface area contributed by atoms with Crippen LogP contribution in [0.1, 0.15) is 95.7 Å². The van der Waals surface area contributed by atoms with E-state index < -0.39 is 23.9 Å². The molecule has 0 spiro atoms. The quantitative estimate of drug-likeness (QED) is 0.179. The maximum absolute atomic E-state index is 3.96. The summed E-state index contributed by atoms with van der Waals surface area (Å²) in [7, 11) is 0. The van der Waals surface area contributed by atoms with Crippen LogP contribution >= 0.6 is 0 Å². The third kappa shape index (κ3) is 4.59. The summed E-state index contributed by atoms with van der Waals surface area (Å²) >= 11 is -3.96. The molecule has 0 heterocycles. The SMILES string of the molecule is CCC[CH2][Zr]([CH2]CCC)([CH]1C(CC)=Cc2ccccc21)([CH]1C(CC)=Cc2ccccc21)[SiH](C)c1ccccc1. The van der Waals surface area contributed by atoms with Gasteiger partial charge in [0.15, 0.2) is 0 Å². The van der Waals surface area contributed by atoms with E-state index in [0.717, 1.165) is 0 Å². The molecule has 0 aliphatic heterocycles. The predicted octanol–water partition coefficient (Wildman–Crippen LogP) is 10.5. The second-order valence-electron chi connectivity index (χ2n) is 12.6. The second kappa shape index (κ2) is 12.0. The van der Waals surface area contributed by atoms with E-state index in [1.54, 1.807) is 27.5 Å². The Morgan fingerprint density at radius 1 is 0.590 bits per heavy atom. The zero-order valence-corrected chi connectivity index (χ0v) is 28.7. The van der Waals surface area contributed by atoms with Crippen LogP contribution in [0.15, 0.2) is 90.0 Å². The minimum atomic E-state index is -3.96. The molecule has 2 aliphatic carbocycles. The Labute approximate surface area is 240 Å². The second-order valence-corrected chi connectivity index (χ2v) is 44.9. The van der Waals surface area contributed by atoms with Gasteiger partial charge in [-0.2, -0.15) is 0 Å². The van der Waals surface area contributed by atoms with Gasteiger partial charge in [0.1, 0.15) is 0 Å². The Bertz CT molecular complexity index is 1270. The molecule has 0 saturated heterocycles. The van der Waals surface area contributed by atoms with Crippen LogP contribution in [0.4, 0.5) is 0 Å². The number of hydrogen-bond acceptors (Lipinski definition) is 0. The van der Waals surface area contributed by atoms with Crippen LogP contribution in [-0.2, 0) is 17.9 Å². The number of fused-ring (bicyclic) bond motifs is 2. The van der Waals surface area contributed by atoms with E-state index in [2.05, 4.69) is 125 Å². The molecule has 3 unspecified atom stereocenters. The molecule has 205 valence electrons. The molecule has 0 radical (unpaired) electrons. The van der Waals surface area contributed by atoms with Gasteiger partial charge in [-0.15, -0.1) is 0 Å². The molecule has 5 rings (SSSR count). The number of benzene rings is 3. The molecule has 0 amide bonds. The average molecular weight is 613 g/mol. The number of allylic oxidation sites excluding steroid dienone is 2. The minimum absolute atomic E-state index is 0.665. The van der Waals surface area contributed by atoms with Gasteiger partial charge < -0.3 is 0 Å². The molecule has 0 nitrogen and oxygen atoms in total. The standard InChI is InChI=1S/2C11H11.C7H9Si.2C4H9.Zr/c2*1-2-9-7-10-5-3-4-6-11(10)8-9;1-8-7-5-3-2-4-6-7;2*1-3-4-2;/h2*3-8H,2H2,1H3;2-6,8H,1H3;2*1,3-4H2,2H3;. The van der Waals surface area contributed by atoms with Crippen molar-refractivity contribution in [2.24, 2.45) is 0 Å². The van der Waals surface area contributed by atoms with Gasteiger partial charge in [-0.1, -0.05) is 0 Å². The van der Waals surface area contributed by atoms with Crippen molar-refractivity contribution in [3.05, 3.63) is 112 Å². The van der Waals surface area contributed by atoms with Crippen LogP contribution in [0.5, 0.6) is 0 Å². The molecular weight excluding hydrogens is 564 g/mol. The van der Waals surface area contributed by atoms with Gasteiger partial charge in [0.05, 0.1) is 0 Å². The first-order chi connectivity index (χ1) is 19.0. The summed E-state index contributed by atoms with van der Waals surface area (Å²) < 4.78 is 4.34. The summed E-state index contributed by atoms with van der Waals surface area (Å²) in [6.45, 7) is 12.6. The molecular formula is C37H49SiZr. The molecule has 0 N–H and O–H groups in total. The Kier molecular flexibility index (Phi) is 8.85. The molecule has 0 aromatic heterocycles. The van der Waals surface area contributed by atoms with Gasteiger partial charge in [0.2, 0.25) is 0 Å². The molecule has 3 aromatic carbocycles. The Balaban J connectivity index is 1.95. The predicted molar refractivity (Wildman–Crippen MR) is 173 cm³/mol. The van der Waals surface area contributed by atoms with Crippen LogP contribution in [0.2, 0.25) is 14.8 Å². The van der Waals surface area contributed by atoms with Crippen molar-refractivity contribution in [3.63, 3.8) is 0 Å². The van der Waals surface area contributed by atoms with Crippen LogP contribution in [-0.4, -0.2) is 5.92 Å². The topological polar surface area (TPSA) is 0 Å². The number of rotatable bonds is 12. The molecule has 2 heteroatoms. The summed E-state index contributed by atoms with van der Waals surface area (Å²) in [6, 6.07) is 31.1. The summed E-state index contributed by atoms with van der Waals surface area (Å²) in [5.41, 5.74) is 9.98. The zero-order valence-electron chi connectivity index (χ0n) is 25.0. The van der Waals surface area contributed by atoms with Gasteiger partial charge in [-0.3, -0.25) is 0 Å². The Hall–Kier alpha value is -1.76. The van der Waals surface area contributed by atoms with E-state index in [1.165, 1.54) is 57.9 Å². The van der Waals surface area contributed by atoms with Gasteiger partial charge in [-0.25, -0.2) is 0 Å². The molecule has 0 saturated carbocycles. The van der Waals surface area contributed by atoms with Gasteiger partial charge in [0.25, 0.3) is 0 Å². The Morgan fingerprint density at radius 3 is 1.46 bits per heavy atom. The van der Waals surface area contributed by atoms with Crippen LogP contribution in [0.25, 0.3) is 12.2 Å². The number of hydrogen-bond donors (Lipinski definition) is 0. The fourth-order valence-electron chi connectivity index (χ4n) is 9.33. The molecule has 0 fully saturated rings. The maximum atomic E-state index is 2.84. The van der Waals surface area contributed by atoms with Crippen molar-refractivity contribution in [1.82, 2.24) is 0 Å². The summed E-state index contributed by atoms with van der Waals surface area (Å²) in [5, 5.41) is 1.73. The molecule has 2 aliphatic rings. The fraction of sp³-hybridized carbons (Fsp3) is 0.405. The molecule has 3 atom stereocenters. The van der Waals surface area contributed by atoms with Crippen molar-refractivity contribution in [3.8, 4) is 0 Å². The van der Waals surface area contributed by atoms with Crippen molar-refractivity contribution in [1.29, 1.82) is 0 Å². The van der Waals surface area contributed by atoms with E-state index in [4.69, 9.17) is 0 Å². The molecule has 39 heavy (non-hydrogen) atoms. The van der Waals surface area contributed by atoms with Crippen LogP contribution in [0.3, 0.4) is 0 Å². The molecule has 3 aromatic rings. The van der Waals surface area contributed by atoms with Gasteiger partial charge in [0, 0.05) is 0 Å². The van der Waals surface area contributed by atoms with E-state index in [0.29, 0.717) is 7.25 Å². The van der Waals surface area contributed by atoms with Crippen LogP contribution < -0.4 is 5.19 Å². The number of unbranched alkanes of at least 4 members (excludes halogenated alkanes) is 2. The first kappa shape index (κ1) is 28.8. The van der Waals surface area contributed by atoms with E-state index in [-0.39, 0.29) is 0 Å². The summed E-state index contributed by atoms with van der Waals surface area (Å²) in [5.74, 6) is -1.41. The Morgan fingerprint density at radius 2 is 1.03 bits per heavy atom. The fourth-order valence-corrected chi connectivity index (χ4v) is 63.0. The van der Waals surface area contributed by atoms with Crippen molar-refractivity contribution in [2.75, 3.05) is 0 Å². The summed E-state index contributed by atoms with van der Waals surface area (Å²) in [4.78, 5) is 0. The first-order valence-corrected chi connectivity index (χ1v) is 28.7. The third-order valence-corrected chi connectivity index (χ3v) is 59.2. The monoisotopic (exact) mass is 611 g/mol. The first-order valence-electron chi connectivity index (χ1n) is 15.8. The normalized spacial score (nSPS) is 20.0. The van der Waals surface area contributed by atoms with E-state index >= 15 is 0 Å². The van der Waals surface area contributed by atoms with Crippen molar-refractivity contribution < 1.29 is 17.9 Å². The van der Waals surface area contributed by atoms with Gasteiger partial charge in [-0.05, 0) is 0 Å². The van der Waals surface area contributed by atoms with Crippen LogP contribution in [0, 0.1) is 0 Å². The zero-order chi connectivity index (χ0) is 27.5. The molecule has 0 bridgehead atoms. The van der Waals surface area contributed by atoms with E-state index in [9.17, 15) is 0 Å².